The van der Waals surface area contributed by atoms with Crippen LogP contribution in [-0.2, 0) is 4.74 Å². The monoisotopic (exact) mass is 242 g/mol. The molecule has 0 radical (unpaired) electrons. The maximum atomic E-state index is 9.78. The highest BCUT2D eigenvalue weighted by atomic mass is 16.6. The molecule has 2 rings (SSSR count). The van der Waals surface area contributed by atoms with E-state index in [2.05, 4.69) is 16.6 Å². The Balaban J connectivity index is 2.15. The molecule has 0 aliphatic carbocycles. The maximum absolute atomic E-state index is 9.78. The standard InChI is InChI=1S/C9H14N4O4/c1-4-12-9(10)11-3-13(4)8-7(16)6(15)5(2-14)17-8/h3,5-8,14-16H,1-2H2,(H2,10,12)/t5-,6?,7-,8+/m0/s1. The molecule has 1 fully saturated rings. The van der Waals surface area contributed by atoms with Crippen molar-refractivity contribution in [3.63, 3.8) is 0 Å². The first-order valence-corrected chi connectivity index (χ1v) is 5.02. The molecule has 4 atom stereocenters. The number of hydrogen-bond donors (Lipinski definition) is 4. The molecule has 94 valence electrons. The Morgan fingerprint density at radius 1 is 1.47 bits per heavy atom. The zero-order valence-corrected chi connectivity index (χ0v) is 8.97. The van der Waals surface area contributed by atoms with Crippen molar-refractivity contribution in [2.24, 2.45) is 15.7 Å². The molecule has 2 aliphatic heterocycles. The molecule has 8 nitrogen and oxygen atoms in total. The van der Waals surface area contributed by atoms with Crippen LogP contribution in [0.2, 0.25) is 0 Å². The average Bonchev–Trinajstić information content (AvgIpc) is 2.57. The second-order valence-electron chi connectivity index (χ2n) is 3.77. The largest absolute Gasteiger partial charge is 0.394 e. The smallest absolute Gasteiger partial charge is 0.223 e. The number of aliphatic hydroxyl groups excluding tert-OH is 3. The summed E-state index contributed by atoms with van der Waals surface area (Å²) in [6.45, 7) is 3.24. The third-order valence-corrected chi connectivity index (χ3v) is 2.65. The van der Waals surface area contributed by atoms with Gasteiger partial charge in [0.05, 0.1) is 6.61 Å². The van der Waals surface area contributed by atoms with Gasteiger partial charge in [-0.2, -0.15) is 4.99 Å². The fourth-order valence-corrected chi connectivity index (χ4v) is 1.73. The van der Waals surface area contributed by atoms with Crippen molar-refractivity contribution in [1.29, 1.82) is 0 Å². The molecule has 0 bridgehead atoms. The Kier molecular flexibility index (Phi) is 3.11. The summed E-state index contributed by atoms with van der Waals surface area (Å²) in [5.41, 5.74) is 5.37. The third kappa shape index (κ3) is 2.03. The summed E-state index contributed by atoms with van der Waals surface area (Å²) in [5.74, 6) is 0.297. The van der Waals surface area contributed by atoms with Crippen molar-refractivity contribution in [3.05, 3.63) is 12.4 Å². The van der Waals surface area contributed by atoms with E-state index in [9.17, 15) is 10.2 Å². The molecule has 0 spiro atoms. The Morgan fingerprint density at radius 3 is 2.71 bits per heavy atom. The predicted molar refractivity (Wildman–Crippen MR) is 58.9 cm³/mol. The highest BCUT2D eigenvalue weighted by Crippen LogP contribution is 2.26. The van der Waals surface area contributed by atoms with Crippen LogP contribution in [0.3, 0.4) is 0 Å². The molecule has 8 heteroatoms. The van der Waals surface area contributed by atoms with E-state index in [4.69, 9.17) is 15.6 Å². The summed E-state index contributed by atoms with van der Waals surface area (Å²) in [7, 11) is 0. The van der Waals surface area contributed by atoms with Crippen LogP contribution in [-0.4, -0.2) is 63.7 Å². The molecular formula is C9H14N4O4. The van der Waals surface area contributed by atoms with Crippen LogP contribution in [0.25, 0.3) is 0 Å². The lowest BCUT2D eigenvalue weighted by molar-refractivity contribution is -0.0607. The van der Waals surface area contributed by atoms with Crippen LogP contribution in [0.4, 0.5) is 0 Å². The number of rotatable bonds is 2. The molecule has 1 unspecified atom stereocenters. The lowest BCUT2D eigenvalue weighted by Crippen LogP contribution is -2.44. The van der Waals surface area contributed by atoms with Gasteiger partial charge in [0.15, 0.2) is 6.23 Å². The van der Waals surface area contributed by atoms with Gasteiger partial charge in [-0.25, -0.2) is 4.99 Å². The molecule has 0 aromatic heterocycles. The lowest BCUT2D eigenvalue weighted by Gasteiger charge is -2.29. The van der Waals surface area contributed by atoms with E-state index < -0.39 is 31.1 Å². The van der Waals surface area contributed by atoms with E-state index in [0.717, 1.165) is 0 Å². The van der Waals surface area contributed by atoms with E-state index in [-0.39, 0.29) is 11.8 Å². The summed E-state index contributed by atoms with van der Waals surface area (Å²) in [6, 6.07) is 0. The van der Waals surface area contributed by atoms with E-state index in [1.807, 2.05) is 0 Å². The zero-order chi connectivity index (χ0) is 12.6. The van der Waals surface area contributed by atoms with E-state index in [1.165, 1.54) is 11.2 Å². The van der Waals surface area contributed by atoms with Gasteiger partial charge >= 0.3 is 0 Å². The first kappa shape index (κ1) is 12.0. The Bertz CT molecular complexity index is 383. The van der Waals surface area contributed by atoms with Crippen LogP contribution in [0.15, 0.2) is 22.4 Å². The minimum atomic E-state index is -1.19. The topological polar surface area (TPSA) is 124 Å². The zero-order valence-electron chi connectivity index (χ0n) is 8.97. The van der Waals surface area contributed by atoms with Crippen molar-refractivity contribution in [2.75, 3.05) is 6.61 Å². The minimum Gasteiger partial charge on any atom is -0.394 e. The Labute approximate surface area is 97.3 Å². The molecule has 0 amide bonds. The van der Waals surface area contributed by atoms with Crippen molar-refractivity contribution >= 4 is 12.3 Å². The van der Waals surface area contributed by atoms with Crippen molar-refractivity contribution in [1.82, 2.24) is 4.90 Å². The molecule has 0 saturated carbocycles. The second kappa shape index (κ2) is 4.41. The third-order valence-electron chi connectivity index (χ3n) is 2.65. The van der Waals surface area contributed by atoms with Crippen LogP contribution >= 0.6 is 0 Å². The predicted octanol–water partition coefficient (Wildman–Crippen LogP) is -2.44. The molecule has 1 saturated heterocycles. The van der Waals surface area contributed by atoms with E-state index in [0.29, 0.717) is 0 Å². The molecule has 17 heavy (non-hydrogen) atoms. The SMILES string of the molecule is C=C1N=C(N)N=CN1[C@@H]1O[C@@H](CO)C(O)[C@@H]1O. The minimum absolute atomic E-state index is 0.0537. The van der Waals surface area contributed by atoms with Crippen LogP contribution in [0, 0.1) is 0 Å². The average molecular weight is 242 g/mol. The van der Waals surface area contributed by atoms with E-state index >= 15 is 0 Å². The number of aliphatic hydroxyl groups is 3. The first-order valence-electron chi connectivity index (χ1n) is 5.02. The summed E-state index contributed by atoms with van der Waals surface area (Å²) in [5, 5.41) is 28.3. The van der Waals surface area contributed by atoms with Gasteiger partial charge in [-0.15, -0.1) is 0 Å². The number of ether oxygens (including phenoxy) is 1. The number of aliphatic imine (C=N–C) groups is 2. The Hall–Kier alpha value is -1.48. The van der Waals surface area contributed by atoms with Gasteiger partial charge in [0.1, 0.15) is 30.5 Å². The number of nitrogens with two attached hydrogens (primary N) is 1. The van der Waals surface area contributed by atoms with Crippen LogP contribution in [0.1, 0.15) is 0 Å². The normalized spacial score (nSPS) is 37.5. The highest BCUT2D eigenvalue weighted by molar-refractivity contribution is 5.89. The fraction of sp³-hybridized carbons (Fsp3) is 0.556. The summed E-state index contributed by atoms with van der Waals surface area (Å²) in [4.78, 5) is 8.91. The lowest BCUT2D eigenvalue weighted by atomic mass is 10.1. The van der Waals surface area contributed by atoms with Gasteiger partial charge in [0, 0.05) is 0 Å². The fourth-order valence-electron chi connectivity index (χ4n) is 1.73. The summed E-state index contributed by atoms with van der Waals surface area (Å²) in [6.07, 6.45) is -2.79. The van der Waals surface area contributed by atoms with Gasteiger partial charge in [-0.3, -0.25) is 4.90 Å². The van der Waals surface area contributed by atoms with Gasteiger partial charge in [0.2, 0.25) is 5.96 Å². The molecular weight excluding hydrogens is 228 g/mol. The summed E-state index contributed by atoms with van der Waals surface area (Å²) < 4.78 is 5.29. The van der Waals surface area contributed by atoms with Gasteiger partial charge in [0.25, 0.3) is 0 Å². The first-order chi connectivity index (χ1) is 8.04. The van der Waals surface area contributed by atoms with Gasteiger partial charge < -0.3 is 25.8 Å². The quantitative estimate of drug-likeness (QED) is 0.426. The maximum Gasteiger partial charge on any atom is 0.223 e. The molecule has 5 N–H and O–H groups in total. The number of guanidine groups is 1. The second-order valence-corrected chi connectivity index (χ2v) is 3.77. The molecule has 2 heterocycles. The van der Waals surface area contributed by atoms with Crippen LogP contribution < -0.4 is 5.73 Å². The molecule has 2 aliphatic rings. The highest BCUT2D eigenvalue weighted by Gasteiger charge is 2.45. The van der Waals surface area contributed by atoms with Gasteiger partial charge in [-0.1, -0.05) is 6.58 Å². The van der Waals surface area contributed by atoms with Crippen LogP contribution in [0.5, 0.6) is 0 Å². The summed E-state index contributed by atoms with van der Waals surface area (Å²) >= 11 is 0. The van der Waals surface area contributed by atoms with Crippen molar-refractivity contribution in [3.8, 4) is 0 Å². The molecule has 0 aromatic rings. The number of hydrogen-bond acceptors (Lipinski definition) is 8. The number of nitrogens with zero attached hydrogens (tertiary/aromatic N) is 3. The molecule has 0 aromatic carbocycles. The van der Waals surface area contributed by atoms with Gasteiger partial charge in [-0.05, 0) is 0 Å². The Morgan fingerprint density at radius 2 is 2.18 bits per heavy atom. The van der Waals surface area contributed by atoms with Crippen molar-refractivity contribution < 1.29 is 20.1 Å². The van der Waals surface area contributed by atoms with Crippen molar-refractivity contribution in [2.45, 2.75) is 24.5 Å². The van der Waals surface area contributed by atoms with E-state index in [1.54, 1.807) is 0 Å².